The number of carbonyl (C=O) groups is 1. The lowest BCUT2D eigenvalue weighted by atomic mass is 10.2. The molecule has 3 aromatic rings. The smallest absolute Gasteiger partial charge is 0.264 e. The summed E-state index contributed by atoms with van der Waals surface area (Å²) in [7, 11) is -3.96. The van der Waals surface area contributed by atoms with Crippen molar-refractivity contribution < 1.29 is 17.9 Å². The number of nitrogens with zero attached hydrogens (tertiary/aromatic N) is 2. The maximum atomic E-state index is 13.4. The summed E-state index contributed by atoms with van der Waals surface area (Å²) >= 11 is 0. The van der Waals surface area contributed by atoms with Gasteiger partial charge in [-0.3, -0.25) is 9.10 Å². The van der Waals surface area contributed by atoms with E-state index in [0.29, 0.717) is 12.3 Å². The van der Waals surface area contributed by atoms with E-state index >= 15 is 0 Å². The Balaban J connectivity index is 1.78. The van der Waals surface area contributed by atoms with Crippen LogP contribution in [0.4, 0.5) is 5.69 Å². The molecule has 3 aromatic carbocycles. The van der Waals surface area contributed by atoms with E-state index in [9.17, 15) is 13.2 Å². The van der Waals surface area contributed by atoms with Crippen LogP contribution in [0.15, 0.2) is 82.8 Å². The number of anilines is 1. The van der Waals surface area contributed by atoms with Crippen molar-refractivity contribution in [3.8, 4) is 5.75 Å². The van der Waals surface area contributed by atoms with Crippen molar-refractivity contribution in [2.75, 3.05) is 17.5 Å². The molecule has 1 N–H and O–H groups in total. The Kier molecular flexibility index (Phi) is 7.84. The summed E-state index contributed by atoms with van der Waals surface area (Å²) in [5.74, 6) is 0.183. The number of benzene rings is 3. The molecule has 0 aliphatic rings. The lowest BCUT2D eigenvalue weighted by Gasteiger charge is -2.24. The van der Waals surface area contributed by atoms with Gasteiger partial charge in [0.1, 0.15) is 12.3 Å². The van der Waals surface area contributed by atoms with E-state index in [1.165, 1.54) is 18.3 Å². The van der Waals surface area contributed by atoms with Gasteiger partial charge in [-0.25, -0.2) is 13.8 Å². The third-order valence-electron chi connectivity index (χ3n) is 4.78. The van der Waals surface area contributed by atoms with Gasteiger partial charge >= 0.3 is 0 Å². The van der Waals surface area contributed by atoms with Gasteiger partial charge in [0.25, 0.3) is 15.9 Å². The minimum atomic E-state index is -3.96. The fourth-order valence-corrected chi connectivity index (χ4v) is 4.51. The van der Waals surface area contributed by atoms with Gasteiger partial charge < -0.3 is 4.74 Å². The molecule has 0 aliphatic heterocycles. The van der Waals surface area contributed by atoms with Gasteiger partial charge in [0.05, 0.1) is 23.4 Å². The van der Waals surface area contributed by atoms with Crippen molar-refractivity contribution in [2.45, 2.75) is 25.7 Å². The van der Waals surface area contributed by atoms with E-state index in [1.54, 1.807) is 42.5 Å². The molecule has 0 unspecified atom stereocenters. The second kappa shape index (κ2) is 10.8. The molecule has 8 heteroatoms. The lowest BCUT2D eigenvalue weighted by Crippen LogP contribution is -2.39. The van der Waals surface area contributed by atoms with Crippen LogP contribution in [0.5, 0.6) is 5.75 Å². The van der Waals surface area contributed by atoms with Gasteiger partial charge in [-0.1, -0.05) is 29.8 Å². The quantitative estimate of drug-likeness (QED) is 0.381. The summed E-state index contributed by atoms with van der Waals surface area (Å²) in [5, 5.41) is 3.96. The first-order valence-corrected chi connectivity index (χ1v) is 11.9. The molecule has 0 aromatic heterocycles. The highest BCUT2D eigenvalue weighted by molar-refractivity contribution is 7.92. The number of aryl methyl sites for hydroxylation is 2. The third-order valence-corrected chi connectivity index (χ3v) is 6.57. The number of hydrogen-bond donors (Lipinski definition) is 1. The van der Waals surface area contributed by atoms with Crippen LogP contribution in [0.25, 0.3) is 0 Å². The van der Waals surface area contributed by atoms with Gasteiger partial charge in [-0.05, 0) is 80.4 Å². The minimum absolute atomic E-state index is 0.111. The molecule has 0 radical (unpaired) electrons. The summed E-state index contributed by atoms with van der Waals surface area (Å²) in [5.41, 5.74) is 5.40. The standard InChI is InChI=1S/C25H27N3O4S/c1-4-32-23-12-10-21(11-13-23)17-26-27-25(29)18-28(22-7-5-6-20(3)16-22)33(30,31)24-14-8-19(2)9-15-24/h5-17H,4,18H2,1-3H3,(H,27,29)/b26-17-. The molecule has 0 bridgehead atoms. The van der Waals surface area contributed by atoms with Crippen LogP contribution in [-0.4, -0.2) is 33.7 Å². The van der Waals surface area contributed by atoms with Crippen LogP contribution in [0.3, 0.4) is 0 Å². The fraction of sp³-hybridized carbons (Fsp3) is 0.200. The summed E-state index contributed by atoms with van der Waals surface area (Å²) in [6.45, 7) is 5.81. The van der Waals surface area contributed by atoms with E-state index in [1.807, 2.05) is 39.0 Å². The number of ether oxygens (including phenoxy) is 1. The zero-order chi connectivity index (χ0) is 23.8. The molecule has 0 fully saturated rings. The van der Waals surface area contributed by atoms with Gasteiger partial charge in [0.15, 0.2) is 0 Å². The molecule has 0 atom stereocenters. The number of nitrogens with one attached hydrogen (secondary N) is 1. The van der Waals surface area contributed by atoms with Gasteiger partial charge in [-0.2, -0.15) is 5.10 Å². The molecule has 3 rings (SSSR count). The normalized spacial score (nSPS) is 11.4. The highest BCUT2D eigenvalue weighted by Gasteiger charge is 2.27. The predicted molar refractivity (Wildman–Crippen MR) is 130 cm³/mol. The summed E-state index contributed by atoms with van der Waals surface area (Å²) in [6, 6.07) is 20.8. The zero-order valence-electron chi connectivity index (χ0n) is 18.9. The van der Waals surface area contributed by atoms with E-state index in [2.05, 4.69) is 10.5 Å². The molecule has 0 heterocycles. The zero-order valence-corrected chi connectivity index (χ0v) is 19.7. The number of hydrogen-bond acceptors (Lipinski definition) is 5. The minimum Gasteiger partial charge on any atom is -0.494 e. The van der Waals surface area contributed by atoms with Crippen molar-refractivity contribution in [2.24, 2.45) is 5.10 Å². The average molecular weight is 466 g/mol. The monoisotopic (exact) mass is 465 g/mol. The van der Waals surface area contributed by atoms with Crippen molar-refractivity contribution in [3.63, 3.8) is 0 Å². The largest absolute Gasteiger partial charge is 0.494 e. The summed E-state index contributed by atoms with van der Waals surface area (Å²) < 4.78 is 33.2. The molecule has 33 heavy (non-hydrogen) atoms. The predicted octanol–water partition coefficient (Wildman–Crippen LogP) is 4.05. The molecule has 0 spiro atoms. The van der Waals surface area contributed by atoms with Crippen LogP contribution in [-0.2, 0) is 14.8 Å². The average Bonchev–Trinajstić information content (AvgIpc) is 2.79. The number of rotatable bonds is 9. The Morgan fingerprint density at radius 1 is 1.00 bits per heavy atom. The van der Waals surface area contributed by atoms with E-state index < -0.39 is 22.5 Å². The molecule has 0 saturated heterocycles. The summed E-state index contributed by atoms with van der Waals surface area (Å²) in [4.78, 5) is 12.7. The van der Waals surface area contributed by atoms with E-state index in [0.717, 1.165) is 26.7 Å². The van der Waals surface area contributed by atoms with Gasteiger partial charge in [0, 0.05) is 0 Å². The molecule has 1 amide bonds. The molecular weight excluding hydrogens is 438 g/mol. The summed E-state index contributed by atoms with van der Waals surface area (Å²) in [6.07, 6.45) is 1.49. The van der Waals surface area contributed by atoms with Crippen LogP contribution >= 0.6 is 0 Å². The van der Waals surface area contributed by atoms with Gasteiger partial charge in [0.2, 0.25) is 0 Å². The van der Waals surface area contributed by atoms with Crippen molar-refractivity contribution >= 4 is 27.8 Å². The molecular formula is C25H27N3O4S. The Morgan fingerprint density at radius 3 is 2.33 bits per heavy atom. The lowest BCUT2D eigenvalue weighted by molar-refractivity contribution is -0.119. The SMILES string of the molecule is CCOc1ccc(/C=N\NC(=O)CN(c2cccc(C)c2)S(=O)(=O)c2ccc(C)cc2)cc1. The number of hydrazone groups is 1. The Morgan fingerprint density at radius 2 is 1.70 bits per heavy atom. The first-order valence-electron chi connectivity index (χ1n) is 10.5. The molecule has 172 valence electrons. The fourth-order valence-electron chi connectivity index (χ4n) is 3.10. The van der Waals surface area contributed by atoms with Crippen LogP contribution < -0.4 is 14.5 Å². The van der Waals surface area contributed by atoms with Crippen molar-refractivity contribution in [3.05, 3.63) is 89.5 Å². The van der Waals surface area contributed by atoms with Crippen molar-refractivity contribution in [1.82, 2.24) is 5.43 Å². The molecule has 7 nitrogen and oxygen atoms in total. The number of sulfonamides is 1. The second-order valence-corrected chi connectivity index (χ2v) is 9.32. The van der Waals surface area contributed by atoms with Crippen LogP contribution in [0, 0.1) is 13.8 Å². The third kappa shape index (κ3) is 6.43. The maximum absolute atomic E-state index is 13.4. The Labute approximate surface area is 194 Å². The Bertz CT molecular complexity index is 1220. The van der Waals surface area contributed by atoms with E-state index in [4.69, 9.17) is 4.74 Å². The first-order chi connectivity index (χ1) is 15.8. The van der Waals surface area contributed by atoms with E-state index in [-0.39, 0.29) is 4.90 Å². The molecule has 0 aliphatic carbocycles. The Hall–Kier alpha value is -3.65. The topological polar surface area (TPSA) is 88.1 Å². The maximum Gasteiger partial charge on any atom is 0.264 e. The van der Waals surface area contributed by atoms with Crippen molar-refractivity contribution in [1.29, 1.82) is 0 Å². The first kappa shape index (κ1) is 24.0. The number of amides is 1. The van der Waals surface area contributed by atoms with Crippen LogP contribution in [0.1, 0.15) is 23.6 Å². The highest BCUT2D eigenvalue weighted by Crippen LogP contribution is 2.24. The van der Waals surface area contributed by atoms with Crippen LogP contribution in [0.2, 0.25) is 0 Å². The highest BCUT2D eigenvalue weighted by atomic mass is 32.2. The number of carbonyl (C=O) groups excluding carboxylic acids is 1. The molecule has 0 saturated carbocycles. The van der Waals surface area contributed by atoms with Gasteiger partial charge in [-0.15, -0.1) is 0 Å². The second-order valence-electron chi connectivity index (χ2n) is 7.46.